The summed E-state index contributed by atoms with van der Waals surface area (Å²) in [5.41, 5.74) is 3.16. The highest BCUT2D eigenvalue weighted by atomic mass is 16.5. The first-order valence-corrected chi connectivity index (χ1v) is 8.81. The van der Waals surface area contributed by atoms with Crippen LogP contribution >= 0.6 is 0 Å². The van der Waals surface area contributed by atoms with Crippen LogP contribution in [-0.4, -0.2) is 32.6 Å². The lowest BCUT2D eigenvalue weighted by atomic mass is 10.1. The van der Waals surface area contributed by atoms with E-state index >= 15 is 0 Å². The number of hydrogen-bond acceptors (Lipinski definition) is 4. The summed E-state index contributed by atoms with van der Waals surface area (Å²) in [6, 6.07) is 13.5. The van der Waals surface area contributed by atoms with Crippen LogP contribution in [0, 0.1) is 6.92 Å². The number of carbonyl (C=O) groups excluding carboxylic acids is 2. The molecule has 0 bridgehead atoms. The molecular formula is C21H26N2O4. The van der Waals surface area contributed by atoms with Crippen molar-refractivity contribution in [3.05, 3.63) is 59.2 Å². The van der Waals surface area contributed by atoms with Crippen molar-refractivity contribution in [3.8, 4) is 11.5 Å². The summed E-state index contributed by atoms with van der Waals surface area (Å²) >= 11 is 0. The Morgan fingerprint density at radius 1 is 0.852 bits per heavy atom. The Balaban J connectivity index is 1.71. The van der Waals surface area contributed by atoms with E-state index in [-0.39, 0.29) is 18.4 Å². The van der Waals surface area contributed by atoms with Crippen molar-refractivity contribution >= 4 is 11.8 Å². The van der Waals surface area contributed by atoms with Gasteiger partial charge in [-0.3, -0.25) is 9.59 Å². The molecule has 2 amide bonds. The molecule has 2 rings (SSSR count). The molecule has 0 spiro atoms. The van der Waals surface area contributed by atoms with Crippen molar-refractivity contribution in [2.75, 3.05) is 20.8 Å². The standard InChI is InChI=1S/C21H26N2O4/c1-15-4-6-17(7-5-15)13-22-21(25)14-23-20(24)11-9-16-8-10-18(26-2)19(12-16)27-3/h4-8,10,12H,9,11,13-14H2,1-3H3,(H,22,25)(H,23,24). The molecular weight excluding hydrogens is 344 g/mol. The summed E-state index contributed by atoms with van der Waals surface area (Å²) in [6.07, 6.45) is 0.845. The molecule has 144 valence electrons. The van der Waals surface area contributed by atoms with Gasteiger partial charge in [-0.05, 0) is 36.6 Å². The lowest BCUT2D eigenvalue weighted by Crippen LogP contribution is -2.36. The van der Waals surface area contributed by atoms with Crippen LogP contribution in [0.5, 0.6) is 11.5 Å². The van der Waals surface area contributed by atoms with E-state index in [2.05, 4.69) is 10.6 Å². The first-order valence-electron chi connectivity index (χ1n) is 8.81. The average Bonchev–Trinajstić information content (AvgIpc) is 2.69. The van der Waals surface area contributed by atoms with Crippen LogP contribution in [0.25, 0.3) is 0 Å². The normalized spacial score (nSPS) is 10.2. The third kappa shape index (κ3) is 6.66. The third-order valence-corrected chi connectivity index (χ3v) is 4.15. The minimum absolute atomic E-state index is 0.0311. The van der Waals surface area contributed by atoms with Gasteiger partial charge in [0.1, 0.15) is 0 Å². The number of ether oxygens (including phenoxy) is 2. The Morgan fingerprint density at radius 3 is 2.19 bits per heavy atom. The van der Waals surface area contributed by atoms with Crippen LogP contribution in [0.1, 0.15) is 23.1 Å². The van der Waals surface area contributed by atoms with Crippen LogP contribution < -0.4 is 20.1 Å². The van der Waals surface area contributed by atoms with E-state index in [9.17, 15) is 9.59 Å². The molecule has 0 aliphatic rings. The molecule has 0 atom stereocenters. The first kappa shape index (κ1) is 20.3. The van der Waals surface area contributed by atoms with Crippen molar-refractivity contribution in [1.29, 1.82) is 0 Å². The van der Waals surface area contributed by atoms with E-state index in [0.29, 0.717) is 30.9 Å². The highest BCUT2D eigenvalue weighted by molar-refractivity contribution is 5.84. The molecule has 6 nitrogen and oxygen atoms in total. The molecule has 2 N–H and O–H groups in total. The molecule has 2 aromatic carbocycles. The minimum Gasteiger partial charge on any atom is -0.493 e. The third-order valence-electron chi connectivity index (χ3n) is 4.15. The maximum atomic E-state index is 12.0. The predicted molar refractivity (Wildman–Crippen MR) is 104 cm³/mol. The van der Waals surface area contributed by atoms with Gasteiger partial charge in [0.05, 0.1) is 20.8 Å². The van der Waals surface area contributed by atoms with Crippen molar-refractivity contribution in [3.63, 3.8) is 0 Å². The van der Waals surface area contributed by atoms with Gasteiger partial charge in [-0.25, -0.2) is 0 Å². The zero-order chi connectivity index (χ0) is 19.6. The number of carbonyl (C=O) groups is 2. The maximum Gasteiger partial charge on any atom is 0.239 e. The number of hydrogen-bond donors (Lipinski definition) is 2. The molecule has 2 aromatic rings. The van der Waals surface area contributed by atoms with Crippen molar-refractivity contribution in [2.24, 2.45) is 0 Å². The van der Waals surface area contributed by atoms with Gasteiger partial charge in [0.25, 0.3) is 0 Å². The number of nitrogens with one attached hydrogen (secondary N) is 2. The van der Waals surface area contributed by atoms with Gasteiger partial charge < -0.3 is 20.1 Å². The molecule has 0 heterocycles. The zero-order valence-electron chi connectivity index (χ0n) is 16.0. The fourth-order valence-electron chi connectivity index (χ4n) is 2.53. The molecule has 27 heavy (non-hydrogen) atoms. The van der Waals surface area contributed by atoms with Crippen molar-refractivity contribution in [1.82, 2.24) is 10.6 Å². The average molecular weight is 370 g/mol. The predicted octanol–water partition coefficient (Wildman–Crippen LogP) is 2.38. The topological polar surface area (TPSA) is 76.7 Å². The highest BCUT2D eigenvalue weighted by Gasteiger charge is 2.08. The second-order valence-electron chi connectivity index (χ2n) is 6.23. The van der Waals surface area contributed by atoms with Gasteiger partial charge in [-0.15, -0.1) is 0 Å². The van der Waals surface area contributed by atoms with Crippen LogP contribution in [0.15, 0.2) is 42.5 Å². The number of aryl methyl sites for hydroxylation is 2. The van der Waals surface area contributed by atoms with E-state index in [0.717, 1.165) is 11.1 Å². The lowest BCUT2D eigenvalue weighted by Gasteiger charge is -2.10. The second kappa shape index (κ2) is 10.2. The smallest absolute Gasteiger partial charge is 0.239 e. The van der Waals surface area contributed by atoms with Crippen LogP contribution in [0.4, 0.5) is 0 Å². The molecule has 0 aliphatic carbocycles. The Kier molecular flexibility index (Phi) is 7.67. The number of rotatable bonds is 9. The summed E-state index contributed by atoms with van der Waals surface area (Å²) in [7, 11) is 3.15. The maximum absolute atomic E-state index is 12.0. The summed E-state index contributed by atoms with van der Waals surface area (Å²) < 4.78 is 10.4. The number of methoxy groups -OCH3 is 2. The number of amides is 2. The van der Waals surface area contributed by atoms with Gasteiger partial charge in [0.15, 0.2) is 11.5 Å². The highest BCUT2D eigenvalue weighted by Crippen LogP contribution is 2.27. The van der Waals surface area contributed by atoms with Gasteiger partial charge >= 0.3 is 0 Å². The van der Waals surface area contributed by atoms with Gasteiger partial charge in [0.2, 0.25) is 11.8 Å². The van der Waals surface area contributed by atoms with Crippen molar-refractivity contribution < 1.29 is 19.1 Å². The molecule has 0 aliphatic heterocycles. The van der Waals surface area contributed by atoms with Crippen LogP contribution in [0.2, 0.25) is 0 Å². The summed E-state index contributed by atoms with van der Waals surface area (Å²) in [5, 5.41) is 5.43. The van der Waals surface area contributed by atoms with E-state index in [1.54, 1.807) is 14.2 Å². The summed E-state index contributed by atoms with van der Waals surface area (Å²) in [4.78, 5) is 23.8. The fourth-order valence-corrected chi connectivity index (χ4v) is 2.53. The van der Waals surface area contributed by atoms with Crippen LogP contribution in [0.3, 0.4) is 0 Å². The summed E-state index contributed by atoms with van der Waals surface area (Å²) in [5.74, 6) is 0.896. The lowest BCUT2D eigenvalue weighted by molar-refractivity contribution is -0.126. The van der Waals surface area contributed by atoms with E-state index in [1.165, 1.54) is 5.56 Å². The quantitative estimate of drug-likeness (QED) is 0.711. The molecule has 0 unspecified atom stereocenters. The fraction of sp³-hybridized carbons (Fsp3) is 0.333. The van der Waals surface area contributed by atoms with Gasteiger partial charge in [0, 0.05) is 13.0 Å². The minimum atomic E-state index is -0.213. The zero-order valence-corrected chi connectivity index (χ0v) is 16.0. The number of benzene rings is 2. The van der Waals surface area contributed by atoms with E-state index in [1.807, 2.05) is 49.4 Å². The Bertz CT molecular complexity index is 772. The molecule has 0 saturated carbocycles. The largest absolute Gasteiger partial charge is 0.493 e. The molecule has 0 saturated heterocycles. The molecule has 0 aromatic heterocycles. The second-order valence-corrected chi connectivity index (χ2v) is 6.23. The Hall–Kier alpha value is -3.02. The molecule has 0 radical (unpaired) electrons. The van der Waals surface area contributed by atoms with E-state index < -0.39 is 0 Å². The van der Waals surface area contributed by atoms with Gasteiger partial charge in [-0.2, -0.15) is 0 Å². The van der Waals surface area contributed by atoms with E-state index in [4.69, 9.17) is 9.47 Å². The molecule has 6 heteroatoms. The Morgan fingerprint density at radius 2 is 1.52 bits per heavy atom. The molecule has 0 fully saturated rings. The van der Waals surface area contributed by atoms with Crippen LogP contribution in [-0.2, 0) is 22.6 Å². The Labute approximate surface area is 159 Å². The first-order chi connectivity index (χ1) is 13.0. The van der Waals surface area contributed by atoms with Gasteiger partial charge in [-0.1, -0.05) is 35.9 Å². The summed E-state index contributed by atoms with van der Waals surface area (Å²) in [6.45, 7) is 2.43. The van der Waals surface area contributed by atoms with Crippen molar-refractivity contribution in [2.45, 2.75) is 26.3 Å². The monoisotopic (exact) mass is 370 g/mol. The SMILES string of the molecule is COc1ccc(CCC(=O)NCC(=O)NCc2ccc(C)cc2)cc1OC.